The Bertz CT molecular complexity index is 977. The summed E-state index contributed by atoms with van der Waals surface area (Å²) in [5.41, 5.74) is 10.5. The van der Waals surface area contributed by atoms with E-state index in [0.717, 1.165) is 27.9 Å². The summed E-state index contributed by atoms with van der Waals surface area (Å²) in [5.74, 6) is 0.747. The number of fused-ring (bicyclic) bond motifs is 1. The third-order valence-electron chi connectivity index (χ3n) is 4.32. The maximum atomic E-state index is 11.8. The molecule has 0 fully saturated rings. The number of methoxy groups -OCH3 is 2. The topological polar surface area (TPSA) is 87.7 Å². The molecule has 0 radical (unpaired) electrons. The maximum absolute atomic E-state index is 11.8. The van der Waals surface area contributed by atoms with Gasteiger partial charge in [-0.2, -0.15) is 0 Å². The zero-order valence-corrected chi connectivity index (χ0v) is 16.5. The molecule has 3 N–H and O–H groups in total. The standard InChI is InChI=1S/C21H25N3O4/c1-13(2)28-21(25)23-15-7-5-14(6-8-15)20-19(22)17-10-9-16(27-4)11-18(17)24(20)12-26-3/h5-11,13H,12,22H2,1-4H3,(H,23,25). The van der Waals surface area contributed by atoms with Crippen LogP contribution in [0, 0.1) is 0 Å². The van der Waals surface area contributed by atoms with Crippen LogP contribution in [-0.2, 0) is 16.2 Å². The highest BCUT2D eigenvalue weighted by Gasteiger charge is 2.17. The summed E-state index contributed by atoms with van der Waals surface area (Å²) in [4.78, 5) is 11.8. The van der Waals surface area contributed by atoms with Crippen molar-refractivity contribution in [2.24, 2.45) is 0 Å². The van der Waals surface area contributed by atoms with Crippen LogP contribution >= 0.6 is 0 Å². The van der Waals surface area contributed by atoms with Gasteiger partial charge in [-0.25, -0.2) is 4.79 Å². The third-order valence-corrected chi connectivity index (χ3v) is 4.32. The number of carbonyl (C=O) groups excluding carboxylic acids is 1. The van der Waals surface area contributed by atoms with Gasteiger partial charge in [-0.1, -0.05) is 12.1 Å². The van der Waals surface area contributed by atoms with Crippen molar-refractivity contribution in [3.05, 3.63) is 42.5 Å². The highest BCUT2D eigenvalue weighted by atomic mass is 16.6. The van der Waals surface area contributed by atoms with E-state index in [-0.39, 0.29) is 6.10 Å². The number of nitrogens with zero attached hydrogens (tertiary/aromatic N) is 1. The van der Waals surface area contributed by atoms with Crippen molar-refractivity contribution in [2.75, 3.05) is 25.3 Å². The fraction of sp³-hybridized carbons (Fsp3) is 0.286. The Hall–Kier alpha value is -3.19. The van der Waals surface area contributed by atoms with Crippen molar-refractivity contribution < 1.29 is 19.0 Å². The first-order chi connectivity index (χ1) is 13.4. The lowest BCUT2D eigenvalue weighted by Crippen LogP contribution is -2.17. The first-order valence-electron chi connectivity index (χ1n) is 8.97. The van der Waals surface area contributed by atoms with Gasteiger partial charge in [0.1, 0.15) is 12.5 Å². The molecule has 0 bridgehead atoms. The smallest absolute Gasteiger partial charge is 0.411 e. The average molecular weight is 383 g/mol. The molecule has 1 amide bonds. The predicted octanol–water partition coefficient (Wildman–Crippen LogP) is 4.46. The first-order valence-corrected chi connectivity index (χ1v) is 8.97. The van der Waals surface area contributed by atoms with E-state index in [9.17, 15) is 4.79 Å². The summed E-state index contributed by atoms with van der Waals surface area (Å²) in [6.07, 6.45) is -0.663. The fourth-order valence-electron chi connectivity index (χ4n) is 3.13. The Balaban J connectivity index is 1.99. The highest BCUT2D eigenvalue weighted by Crippen LogP contribution is 2.38. The number of anilines is 2. The predicted molar refractivity (Wildman–Crippen MR) is 111 cm³/mol. The minimum atomic E-state index is -0.483. The first kappa shape index (κ1) is 19.6. The molecule has 3 rings (SSSR count). The summed E-state index contributed by atoms with van der Waals surface area (Å²) in [6, 6.07) is 13.2. The molecule has 0 aliphatic heterocycles. The zero-order valence-electron chi connectivity index (χ0n) is 16.5. The maximum Gasteiger partial charge on any atom is 0.411 e. The second-order valence-electron chi connectivity index (χ2n) is 6.65. The number of hydrogen-bond donors (Lipinski definition) is 2. The van der Waals surface area contributed by atoms with Crippen molar-refractivity contribution in [3.8, 4) is 17.0 Å². The van der Waals surface area contributed by atoms with Gasteiger partial charge in [0.25, 0.3) is 0 Å². The normalized spacial score (nSPS) is 11.0. The minimum absolute atomic E-state index is 0.180. The molecule has 0 saturated carbocycles. The van der Waals surface area contributed by atoms with Crippen LogP contribution < -0.4 is 15.8 Å². The van der Waals surface area contributed by atoms with E-state index in [1.54, 1.807) is 28.1 Å². The SMILES string of the molecule is COCn1c(-c2ccc(NC(=O)OC(C)C)cc2)c(N)c2ccc(OC)cc21. The molecule has 7 heteroatoms. The van der Waals surface area contributed by atoms with Crippen LogP contribution in [0.2, 0.25) is 0 Å². The van der Waals surface area contributed by atoms with Crippen LogP contribution in [0.4, 0.5) is 16.2 Å². The monoisotopic (exact) mass is 383 g/mol. The van der Waals surface area contributed by atoms with Crippen LogP contribution in [0.15, 0.2) is 42.5 Å². The lowest BCUT2D eigenvalue weighted by atomic mass is 10.1. The molecule has 7 nitrogen and oxygen atoms in total. The van der Waals surface area contributed by atoms with Crippen molar-refractivity contribution in [1.29, 1.82) is 0 Å². The van der Waals surface area contributed by atoms with Crippen LogP contribution in [-0.4, -0.2) is 31.0 Å². The van der Waals surface area contributed by atoms with Gasteiger partial charge >= 0.3 is 6.09 Å². The highest BCUT2D eigenvalue weighted by molar-refractivity contribution is 6.01. The number of amides is 1. The number of nitrogens with one attached hydrogen (secondary N) is 1. The molecule has 0 unspecified atom stereocenters. The Kier molecular flexibility index (Phi) is 5.75. The average Bonchev–Trinajstić information content (AvgIpc) is 2.93. The van der Waals surface area contributed by atoms with E-state index >= 15 is 0 Å². The lowest BCUT2D eigenvalue weighted by molar-refractivity contribution is 0.130. The fourth-order valence-corrected chi connectivity index (χ4v) is 3.13. The number of nitrogen functional groups attached to an aromatic ring is 1. The zero-order chi connectivity index (χ0) is 20.3. The molecule has 1 heterocycles. The van der Waals surface area contributed by atoms with E-state index in [0.29, 0.717) is 18.1 Å². The number of hydrogen-bond acceptors (Lipinski definition) is 5. The van der Waals surface area contributed by atoms with Crippen LogP contribution in [0.3, 0.4) is 0 Å². The van der Waals surface area contributed by atoms with E-state index < -0.39 is 6.09 Å². The number of ether oxygens (including phenoxy) is 3. The van der Waals surface area contributed by atoms with Crippen molar-refractivity contribution in [1.82, 2.24) is 4.57 Å². The number of carbonyl (C=O) groups is 1. The van der Waals surface area contributed by atoms with Gasteiger partial charge in [0.05, 0.1) is 30.1 Å². The van der Waals surface area contributed by atoms with Gasteiger partial charge in [0.15, 0.2) is 0 Å². The molecular formula is C21H25N3O4. The molecule has 0 atom stereocenters. The van der Waals surface area contributed by atoms with E-state index in [4.69, 9.17) is 19.9 Å². The summed E-state index contributed by atoms with van der Waals surface area (Å²) in [7, 11) is 3.27. The summed E-state index contributed by atoms with van der Waals surface area (Å²) >= 11 is 0. The van der Waals surface area contributed by atoms with Crippen LogP contribution in [0.25, 0.3) is 22.2 Å². The van der Waals surface area contributed by atoms with Crippen LogP contribution in [0.5, 0.6) is 5.75 Å². The largest absolute Gasteiger partial charge is 0.497 e. The molecule has 28 heavy (non-hydrogen) atoms. The molecule has 1 aromatic heterocycles. The van der Waals surface area contributed by atoms with Gasteiger partial charge < -0.3 is 24.5 Å². The Morgan fingerprint density at radius 2 is 1.86 bits per heavy atom. The van der Waals surface area contributed by atoms with Crippen molar-refractivity contribution in [3.63, 3.8) is 0 Å². The van der Waals surface area contributed by atoms with Crippen molar-refractivity contribution >= 4 is 28.4 Å². The molecule has 0 spiro atoms. The van der Waals surface area contributed by atoms with Gasteiger partial charge in [-0.05, 0) is 38.1 Å². The molecule has 0 saturated heterocycles. The molecule has 148 valence electrons. The van der Waals surface area contributed by atoms with Gasteiger partial charge in [-0.3, -0.25) is 5.32 Å². The number of nitrogens with two attached hydrogens (primary N) is 1. The number of benzene rings is 2. The number of aromatic nitrogens is 1. The second-order valence-corrected chi connectivity index (χ2v) is 6.65. The molecule has 0 aliphatic rings. The minimum Gasteiger partial charge on any atom is -0.497 e. The van der Waals surface area contributed by atoms with E-state index in [1.807, 2.05) is 47.0 Å². The quantitative estimate of drug-likeness (QED) is 0.656. The molecule has 0 aliphatic carbocycles. The van der Waals surface area contributed by atoms with E-state index in [1.165, 1.54) is 0 Å². The molecule has 3 aromatic rings. The van der Waals surface area contributed by atoms with Gasteiger partial charge in [0, 0.05) is 29.8 Å². The second kappa shape index (κ2) is 8.22. The Morgan fingerprint density at radius 3 is 2.46 bits per heavy atom. The van der Waals surface area contributed by atoms with E-state index in [2.05, 4.69) is 5.32 Å². The van der Waals surface area contributed by atoms with Crippen LogP contribution in [0.1, 0.15) is 13.8 Å². The lowest BCUT2D eigenvalue weighted by Gasteiger charge is -2.12. The Morgan fingerprint density at radius 1 is 1.14 bits per heavy atom. The summed E-state index contributed by atoms with van der Waals surface area (Å²) in [5, 5.41) is 3.63. The summed E-state index contributed by atoms with van der Waals surface area (Å²) < 4.78 is 17.8. The molecule has 2 aromatic carbocycles. The Labute approximate surface area is 164 Å². The van der Waals surface area contributed by atoms with Crippen molar-refractivity contribution in [2.45, 2.75) is 26.7 Å². The van der Waals surface area contributed by atoms with Gasteiger partial charge in [-0.15, -0.1) is 0 Å². The summed E-state index contributed by atoms with van der Waals surface area (Å²) in [6.45, 7) is 3.95. The number of rotatable bonds is 6. The third kappa shape index (κ3) is 3.89. The molecular weight excluding hydrogens is 358 g/mol. The van der Waals surface area contributed by atoms with Gasteiger partial charge in [0.2, 0.25) is 0 Å².